The first kappa shape index (κ1) is 18.6. The molecule has 0 radical (unpaired) electrons. The van der Waals surface area contributed by atoms with E-state index in [4.69, 9.17) is 9.47 Å². The van der Waals surface area contributed by atoms with Crippen molar-refractivity contribution in [3.8, 4) is 11.5 Å². The van der Waals surface area contributed by atoms with Crippen LogP contribution in [-0.2, 0) is 6.18 Å². The zero-order valence-corrected chi connectivity index (χ0v) is 13.8. The predicted octanol–water partition coefficient (Wildman–Crippen LogP) is 4.76. The smallest absolute Gasteiger partial charge is 0.417 e. The summed E-state index contributed by atoms with van der Waals surface area (Å²) in [6.45, 7) is 4.43. The van der Waals surface area contributed by atoms with Crippen LogP contribution in [0.15, 0.2) is 42.5 Å². The van der Waals surface area contributed by atoms with Gasteiger partial charge in [-0.15, -0.1) is 0 Å². The lowest BCUT2D eigenvalue weighted by atomic mass is 10.1. The van der Waals surface area contributed by atoms with E-state index in [1.165, 1.54) is 18.2 Å². The van der Waals surface area contributed by atoms with Crippen LogP contribution in [-0.4, -0.2) is 19.1 Å². The quantitative estimate of drug-likeness (QED) is 0.815. The van der Waals surface area contributed by atoms with Gasteiger partial charge < -0.3 is 14.8 Å². The van der Waals surface area contributed by atoms with Crippen LogP contribution < -0.4 is 14.8 Å². The van der Waals surface area contributed by atoms with E-state index in [2.05, 4.69) is 5.32 Å². The first-order chi connectivity index (χ1) is 11.9. The number of carbonyl (C=O) groups excluding carboxylic acids is 1. The number of rotatable bonds is 6. The molecule has 7 heteroatoms. The molecule has 0 spiro atoms. The van der Waals surface area contributed by atoms with Crippen LogP contribution in [0.1, 0.15) is 29.8 Å². The molecule has 0 saturated carbocycles. The number of hydrogen-bond donors (Lipinski definition) is 1. The predicted molar refractivity (Wildman–Crippen MR) is 88.2 cm³/mol. The number of carbonyl (C=O) groups is 1. The Morgan fingerprint density at radius 2 is 1.64 bits per heavy atom. The topological polar surface area (TPSA) is 47.6 Å². The van der Waals surface area contributed by atoms with Crippen LogP contribution in [0.3, 0.4) is 0 Å². The molecule has 4 nitrogen and oxygen atoms in total. The molecule has 1 amide bonds. The highest BCUT2D eigenvalue weighted by molar-refractivity contribution is 6.05. The van der Waals surface area contributed by atoms with Gasteiger partial charge in [-0.3, -0.25) is 4.79 Å². The zero-order chi connectivity index (χ0) is 18.4. The Morgan fingerprint density at radius 3 is 2.28 bits per heavy atom. The highest BCUT2D eigenvalue weighted by Gasteiger charge is 2.34. The van der Waals surface area contributed by atoms with E-state index in [1.54, 1.807) is 19.1 Å². The summed E-state index contributed by atoms with van der Waals surface area (Å²) >= 11 is 0. The molecule has 2 aromatic rings. The maximum absolute atomic E-state index is 13.0. The van der Waals surface area contributed by atoms with Gasteiger partial charge in [0.05, 0.1) is 24.3 Å². The van der Waals surface area contributed by atoms with Crippen LogP contribution in [0, 0.1) is 0 Å². The molecule has 0 bridgehead atoms. The Morgan fingerprint density at radius 1 is 1.00 bits per heavy atom. The van der Waals surface area contributed by atoms with Gasteiger partial charge in [0, 0.05) is 11.8 Å². The summed E-state index contributed by atoms with van der Waals surface area (Å²) in [5, 5.41) is 2.46. The van der Waals surface area contributed by atoms with Crippen molar-refractivity contribution in [1.29, 1.82) is 0 Å². The van der Waals surface area contributed by atoms with Crippen LogP contribution in [0.25, 0.3) is 0 Å². The lowest BCUT2D eigenvalue weighted by Gasteiger charge is -2.15. The lowest BCUT2D eigenvalue weighted by Crippen LogP contribution is -2.18. The maximum Gasteiger partial charge on any atom is 0.417 e. The van der Waals surface area contributed by atoms with Crippen molar-refractivity contribution in [2.75, 3.05) is 18.5 Å². The molecule has 0 unspecified atom stereocenters. The molecule has 0 heterocycles. The largest absolute Gasteiger partial charge is 0.490 e. The Kier molecular flexibility index (Phi) is 5.90. The summed E-state index contributed by atoms with van der Waals surface area (Å²) in [6, 6.07) is 9.29. The minimum Gasteiger partial charge on any atom is -0.490 e. The van der Waals surface area contributed by atoms with Crippen molar-refractivity contribution in [2.45, 2.75) is 20.0 Å². The summed E-state index contributed by atoms with van der Waals surface area (Å²) in [5.74, 6) is 0.0591. The number of nitrogens with one attached hydrogen (secondary N) is 1. The third-order valence-corrected chi connectivity index (χ3v) is 3.28. The minimum atomic E-state index is -4.61. The number of halogens is 3. The highest BCUT2D eigenvalue weighted by atomic mass is 19.4. The van der Waals surface area contributed by atoms with Crippen molar-refractivity contribution in [3.05, 3.63) is 53.6 Å². The van der Waals surface area contributed by atoms with Gasteiger partial charge in [-0.25, -0.2) is 0 Å². The van der Waals surface area contributed by atoms with Gasteiger partial charge in [0.25, 0.3) is 5.91 Å². The normalized spacial score (nSPS) is 11.1. The van der Waals surface area contributed by atoms with Crippen molar-refractivity contribution in [2.24, 2.45) is 0 Å². The van der Waals surface area contributed by atoms with Gasteiger partial charge in [-0.05, 0) is 38.1 Å². The van der Waals surface area contributed by atoms with Crippen LogP contribution >= 0.6 is 0 Å². The fourth-order valence-electron chi connectivity index (χ4n) is 2.26. The molecule has 25 heavy (non-hydrogen) atoms. The standard InChI is InChI=1S/C18H18F3NO3/c1-3-24-15-10-9-12(11-16(15)25-4-2)22-17(23)13-7-5-6-8-14(13)18(19,20)21/h5-11H,3-4H2,1-2H3,(H,22,23). The van der Waals surface area contributed by atoms with Crippen LogP contribution in [0.2, 0.25) is 0 Å². The van der Waals surface area contributed by atoms with E-state index in [1.807, 2.05) is 6.92 Å². The fraction of sp³-hybridized carbons (Fsp3) is 0.278. The minimum absolute atomic E-state index is 0.314. The molecule has 0 aliphatic rings. The Labute approximate surface area is 143 Å². The first-order valence-corrected chi connectivity index (χ1v) is 7.74. The molecule has 2 rings (SSSR count). The summed E-state index contributed by atoms with van der Waals surface area (Å²) in [6.07, 6.45) is -4.61. The van der Waals surface area contributed by atoms with Crippen molar-refractivity contribution in [3.63, 3.8) is 0 Å². The number of anilines is 1. The van der Waals surface area contributed by atoms with Gasteiger partial charge >= 0.3 is 6.18 Å². The molecular weight excluding hydrogens is 335 g/mol. The Balaban J connectivity index is 2.28. The first-order valence-electron chi connectivity index (χ1n) is 7.74. The number of amides is 1. The van der Waals surface area contributed by atoms with Gasteiger partial charge in [0.1, 0.15) is 0 Å². The SMILES string of the molecule is CCOc1ccc(NC(=O)c2ccccc2C(F)(F)F)cc1OCC. The second-order valence-corrected chi connectivity index (χ2v) is 5.03. The molecule has 0 aromatic heterocycles. The third-order valence-electron chi connectivity index (χ3n) is 3.28. The molecule has 0 aliphatic carbocycles. The third kappa shape index (κ3) is 4.65. The average Bonchev–Trinajstić information content (AvgIpc) is 2.57. The van der Waals surface area contributed by atoms with Crippen LogP contribution in [0.5, 0.6) is 11.5 Å². The van der Waals surface area contributed by atoms with E-state index in [0.717, 1.165) is 12.1 Å². The van der Waals surface area contributed by atoms with E-state index in [9.17, 15) is 18.0 Å². The fourth-order valence-corrected chi connectivity index (χ4v) is 2.26. The monoisotopic (exact) mass is 353 g/mol. The van der Waals surface area contributed by atoms with Gasteiger partial charge in [-0.1, -0.05) is 12.1 Å². The van der Waals surface area contributed by atoms with E-state index < -0.39 is 23.2 Å². The molecule has 0 saturated heterocycles. The molecule has 0 aliphatic heterocycles. The van der Waals surface area contributed by atoms with Crippen molar-refractivity contribution in [1.82, 2.24) is 0 Å². The zero-order valence-electron chi connectivity index (χ0n) is 13.8. The van der Waals surface area contributed by atoms with Gasteiger partial charge in [0.2, 0.25) is 0 Å². The summed E-state index contributed by atoms with van der Waals surface area (Å²) in [4.78, 5) is 12.3. The number of benzene rings is 2. The average molecular weight is 353 g/mol. The summed E-state index contributed by atoms with van der Waals surface area (Å²) in [7, 11) is 0. The Hall–Kier alpha value is -2.70. The number of ether oxygens (including phenoxy) is 2. The van der Waals surface area contributed by atoms with Crippen molar-refractivity contribution < 1.29 is 27.4 Å². The second-order valence-electron chi connectivity index (χ2n) is 5.03. The molecule has 0 fully saturated rings. The highest BCUT2D eigenvalue weighted by Crippen LogP contribution is 2.33. The molecule has 134 valence electrons. The maximum atomic E-state index is 13.0. The summed E-state index contributed by atoms with van der Waals surface area (Å²) < 4.78 is 50.0. The molecule has 0 atom stereocenters. The summed E-state index contributed by atoms with van der Waals surface area (Å²) in [5.41, 5.74) is -1.11. The second kappa shape index (κ2) is 7.92. The number of hydrogen-bond acceptors (Lipinski definition) is 3. The number of alkyl halides is 3. The lowest BCUT2D eigenvalue weighted by molar-refractivity contribution is -0.137. The molecular formula is C18H18F3NO3. The molecule has 1 N–H and O–H groups in total. The van der Waals surface area contributed by atoms with Gasteiger partial charge in [-0.2, -0.15) is 13.2 Å². The van der Waals surface area contributed by atoms with Crippen molar-refractivity contribution >= 4 is 11.6 Å². The van der Waals surface area contributed by atoms with Gasteiger partial charge in [0.15, 0.2) is 11.5 Å². The Bertz CT molecular complexity index is 745. The van der Waals surface area contributed by atoms with E-state index >= 15 is 0 Å². The van der Waals surface area contributed by atoms with E-state index in [0.29, 0.717) is 30.4 Å². The van der Waals surface area contributed by atoms with E-state index in [-0.39, 0.29) is 0 Å². The molecule has 2 aromatic carbocycles. The van der Waals surface area contributed by atoms with Crippen LogP contribution in [0.4, 0.5) is 18.9 Å².